The van der Waals surface area contributed by atoms with Gasteiger partial charge in [0, 0.05) is 19.1 Å². The van der Waals surface area contributed by atoms with Crippen molar-refractivity contribution in [1.29, 1.82) is 0 Å². The van der Waals surface area contributed by atoms with Gasteiger partial charge in [-0.2, -0.15) is 8.42 Å². The summed E-state index contributed by atoms with van der Waals surface area (Å²) < 4.78 is 34.4. The van der Waals surface area contributed by atoms with Crippen molar-refractivity contribution in [3.8, 4) is 0 Å². The minimum atomic E-state index is -4.24. The van der Waals surface area contributed by atoms with Crippen LogP contribution in [0.4, 0.5) is 0 Å². The molecule has 0 spiro atoms. The Morgan fingerprint density at radius 3 is 2.45 bits per heavy atom. The molecule has 0 unspecified atom stereocenters. The van der Waals surface area contributed by atoms with Gasteiger partial charge in [-0.25, -0.2) is 9.13 Å². The predicted molar refractivity (Wildman–Crippen MR) is 85.0 cm³/mol. The summed E-state index contributed by atoms with van der Waals surface area (Å²) >= 11 is 12.1. The number of halogens is 2. The zero-order valence-electron chi connectivity index (χ0n) is 12.1. The molecule has 0 fully saturated rings. The maximum atomic E-state index is 10.9. The van der Waals surface area contributed by atoms with E-state index >= 15 is 0 Å². The lowest BCUT2D eigenvalue weighted by Crippen LogP contribution is -2.44. The molecular weight excluding hydrogens is 351 g/mol. The molecule has 2 rings (SSSR count). The lowest BCUT2D eigenvalue weighted by atomic mass is 10.3. The number of hydrogen-bond acceptors (Lipinski definition) is 3. The molecule has 2 aromatic rings. The SMILES string of the molecule is CCn1c(C)[n+](C[C@H](O)CS(=O)(=O)O)c2cc(Cl)c(Cl)cc21. The standard InChI is InChI=1S/C13H16Cl2N2O4S/c1-3-16-8(2)17(6-9(18)7-22(19,20)21)13-5-11(15)10(14)4-12(13)16/h4-5,9,18H,3,6-7H2,1-2H3/p+1/t9-/m0/s1. The molecule has 9 heteroatoms. The molecule has 0 aliphatic carbocycles. The monoisotopic (exact) mass is 367 g/mol. The zero-order valence-corrected chi connectivity index (χ0v) is 14.5. The number of fused-ring (bicyclic) bond motifs is 1. The third-order valence-corrected chi connectivity index (χ3v) is 5.02. The largest absolute Gasteiger partial charge is 0.388 e. The maximum absolute atomic E-state index is 10.9. The van der Waals surface area contributed by atoms with Crippen molar-refractivity contribution in [3.63, 3.8) is 0 Å². The van der Waals surface area contributed by atoms with E-state index in [0.717, 1.165) is 16.9 Å². The average Bonchev–Trinajstić information content (AvgIpc) is 2.61. The average molecular weight is 368 g/mol. The van der Waals surface area contributed by atoms with Gasteiger partial charge in [-0.05, 0) is 6.92 Å². The van der Waals surface area contributed by atoms with Crippen LogP contribution in [-0.2, 0) is 23.2 Å². The van der Waals surface area contributed by atoms with Crippen LogP contribution in [0.15, 0.2) is 12.1 Å². The molecule has 1 aromatic carbocycles. The van der Waals surface area contributed by atoms with E-state index in [1.807, 2.05) is 18.4 Å². The summed E-state index contributed by atoms with van der Waals surface area (Å²) in [5.41, 5.74) is 1.58. The van der Waals surface area contributed by atoms with E-state index in [9.17, 15) is 13.5 Å². The van der Waals surface area contributed by atoms with E-state index in [1.165, 1.54) is 0 Å². The Labute approximate surface area is 138 Å². The van der Waals surface area contributed by atoms with Gasteiger partial charge in [0.25, 0.3) is 15.9 Å². The van der Waals surface area contributed by atoms with Crippen LogP contribution < -0.4 is 4.57 Å². The molecule has 1 atom stereocenters. The first kappa shape index (κ1) is 17.5. The van der Waals surface area contributed by atoms with Crippen LogP contribution in [0.1, 0.15) is 12.7 Å². The minimum absolute atomic E-state index is 0.0209. The van der Waals surface area contributed by atoms with Gasteiger partial charge >= 0.3 is 0 Å². The molecule has 2 N–H and O–H groups in total. The number of rotatable bonds is 5. The molecule has 0 aliphatic rings. The van der Waals surface area contributed by atoms with Gasteiger partial charge in [0.2, 0.25) is 0 Å². The summed E-state index contributed by atoms with van der Waals surface area (Å²) in [6.45, 7) is 4.52. The molecule has 1 aromatic heterocycles. The normalized spacial score (nSPS) is 13.7. The van der Waals surface area contributed by atoms with E-state index in [-0.39, 0.29) is 6.54 Å². The van der Waals surface area contributed by atoms with Gasteiger partial charge in [0.15, 0.2) is 11.0 Å². The van der Waals surface area contributed by atoms with Crippen LogP contribution in [0.2, 0.25) is 10.0 Å². The fraction of sp³-hybridized carbons (Fsp3) is 0.462. The Morgan fingerprint density at radius 2 is 1.91 bits per heavy atom. The number of nitrogens with zero attached hydrogens (tertiary/aromatic N) is 2. The summed E-state index contributed by atoms with van der Waals surface area (Å²) in [7, 11) is -4.24. The molecule has 22 heavy (non-hydrogen) atoms. The zero-order chi connectivity index (χ0) is 16.7. The molecule has 0 bridgehead atoms. The second-order valence-corrected chi connectivity index (χ2v) is 7.37. The quantitative estimate of drug-likeness (QED) is 0.623. The van der Waals surface area contributed by atoms with Gasteiger partial charge < -0.3 is 5.11 Å². The Hall–Kier alpha value is -0.860. The highest BCUT2D eigenvalue weighted by molar-refractivity contribution is 7.85. The maximum Gasteiger partial charge on any atom is 0.267 e. The Bertz CT molecular complexity index is 817. The van der Waals surface area contributed by atoms with Crippen LogP contribution in [0.25, 0.3) is 11.0 Å². The van der Waals surface area contributed by atoms with Crippen LogP contribution in [0.3, 0.4) is 0 Å². The summed E-state index contributed by atoms with van der Waals surface area (Å²) in [5.74, 6) is 0.102. The molecule has 0 saturated heterocycles. The second kappa shape index (κ2) is 6.33. The number of aromatic nitrogens is 2. The van der Waals surface area contributed by atoms with E-state index in [0.29, 0.717) is 16.6 Å². The van der Waals surface area contributed by atoms with Crippen molar-refractivity contribution in [2.24, 2.45) is 0 Å². The third-order valence-electron chi connectivity index (χ3n) is 3.49. The summed E-state index contributed by atoms with van der Waals surface area (Å²) in [6, 6.07) is 3.42. The van der Waals surface area contributed by atoms with Gasteiger partial charge in [-0.3, -0.25) is 4.55 Å². The van der Waals surface area contributed by atoms with Crippen molar-refractivity contribution in [2.75, 3.05) is 5.75 Å². The van der Waals surface area contributed by atoms with Gasteiger partial charge in [-0.1, -0.05) is 23.2 Å². The predicted octanol–water partition coefficient (Wildman–Crippen LogP) is 1.81. The molecule has 0 amide bonds. The van der Waals surface area contributed by atoms with Crippen LogP contribution >= 0.6 is 23.2 Å². The third kappa shape index (κ3) is 3.55. The van der Waals surface area contributed by atoms with Crippen molar-refractivity contribution in [1.82, 2.24) is 4.57 Å². The second-order valence-electron chi connectivity index (χ2n) is 5.06. The molecule has 0 radical (unpaired) electrons. The first-order valence-corrected chi connectivity index (χ1v) is 9.01. The Balaban J connectivity index is 2.53. The fourth-order valence-electron chi connectivity index (χ4n) is 2.59. The number of imidazole rings is 1. The van der Waals surface area contributed by atoms with Gasteiger partial charge in [0.1, 0.15) is 18.4 Å². The van der Waals surface area contributed by atoms with Crippen molar-refractivity contribution in [2.45, 2.75) is 33.0 Å². The first-order chi connectivity index (χ1) is 10.1. The number of aliphatic hydroxyl groups is 1. The lowest BCUT2D eigenvalue weighted by Gasteiger charge is -2.07. The molecule has 0 saturated carbocycles. The summed E-state index contributed by atoms with van der Waals surface area (Å²) in [4.78, 5) is 0. The number of aryl methyl sites for hydroxylation is 1. The van der Waals surface area contributed by atoms with E-state index in [2.05, 4.69) is 0 Å². The molecule has 6 nitrogen and oxygen atoms in total. The van der Waals surface area contributed by atoms with Gasteiger partial charge in [0.05, 0.1) is 16.6 Å². The molecule has 1 heterocycles. The van der Waals surface area contributed by atoms with Crippen molar-refractivity contribution in [3.05, 3.63) is 28.0 Å². The van der Waals surface area contributed by atoms with Crippen molar-refractivity contribution < 1.29 is 22.6 Å². The topological polar surface area (TPSA) is 83.4 Å². The van der Waals surface area contributed by atoms with E-state index in [1.54, 1.807) is 16.7 Å². The van der Waals surface area contributed by atoms with Crippen LogP contribution in [0, 0.1) is 6.92 Å². The van der Waals surface area contributed by atoms with Crippen LogP contribution in [-0.4, -0.2) is 34.5 Å². The highest BCUT2D eigenvalue weighted by Crippen LogP contribution is 2.27. The van der Waals surface area contributed by atoms with E-state index in [4.69, 9.17) is 27.8 Å². The Kier molecular flexibility index (Phi) is 5.03. The number of aliphatic hydroxyl groups excluding tert-OH is 1. The van der Waals surface area contributed by atoms with Crippen molar-refractivity contribution >= 4 is 44.4 Å². The summed E-state index contributed by atoms with van der Waals surface area (Å²) in [5, 5.41) is 10.7. The number of benzene rings is 1. The molecular formula is C13H17Cl2N2O4S+. The summed E-state index contributed by atoms with van der Waals surface area (Å²) in [6.07, 6.45) is -1.23. The number of hydrogen-bond donors (Lipinski definition) is 2. The van der Waals surface area contributed by atoms with Crippen LogP contribution in [0.5, 0.6) is 0 Å². The Morgan fingerprint density at radius 1 is 1.32 bits per heavy atom. The minimum Gasteiger partial charge on any atom is -0.388 e. The fourth-order valence-corrected chi connectivity index (χ4v) is 3.50. The first-order valence-electron chi connectivity index (χ1n) is 6.65. The van der Waals surface area contributed by atoms with E-state index < -0.39 is 22.0 Å². The lowest BCUT2D eigenvalue weighted by molar-refractivity contribution is -0.684. The highest BCUT2D eigenvalue weighted by atomic mass is 35.5. The molecule has 122 valence electrons. The highest BCUT2D eigenvalue weighted by Gasteiger charge is 2.25. The smallest absolute Gasteiger partial charge is 0.267 e. The van der Waals surface area contributed by atoms with Gasteiger partial charge in [-0.15, -0.1) is 0 Å². The molecule has 0 aliphatic heterocycles.